The number of aromatic nitrogens is 4. The minimum atomic E-state index is 0.153. The number of imidazole rings is 1. The van der Waals surface area contributed by atoms with Gasteiger partial charge in [-0.2, -0.15) is 5.10 Å². The molecular formula is C10H15N5. The highest BCUT2D eigenvalue weighted by Crippen LogP contribution is 2.14. The Balaban J connectivity index is 2.10. The Kier molecular flexibility index (Phi) is 2.45. The van der Waals surface area contributed by atoms with E-state index in [0.29, 0.717) is 0 Å². The molecule has 2 aromatic heterocycles. The number of nitrogens with one attached hydrogen (secondary N) is 1. The van der Waals surface area contributed by atoms with E-state index >= 15 is 0 Å². The van der Waals surface area contributed by atoms with Gasteiger partial charge < -0.3 is 9.88 Å². The zero-order chi connectivity index (χ0) is 10.8. The van der Waals surface area contributed by atoms with Gasteiger partial charge in [-0.1, -0.05) is 0 Å². The quantitative estimate of drug-likeness (QED) is 0.822. The monoisotopic (exact) mass is 205 g/mol. The molecule has 0 fully saturated rings. The molecule has 1 atom stereocenters. The maximum atomic E-state index is 4.28. The number of aryl methyl sites for hydroxylation is 2. The van der Waals surface area contributed by atoms with Crippen LogP contribution < -0.4 is 5.32 Å². The predicted octanol–water partition coefficient (Wildman–Crippen LogP) is 1.33. The Bertz CT molecular complexity index is 442. The highest BCUT2D eigenvalue weighted by atomic mass is 15.3. The van der Waals surface area contributed by atoms with E-state index < -0.39 is 0 Å². The maximum absolute atomic E-state index is 4.28. The predicted molar refractivity (Wildman–Crippen MR) is 58.5 cm³/mol. The third-order valence-corrected chi connectivity index (χ3v) is 2.32. The van der Waals surface area contributed by atoms with Gasteiger partial charge in [-0.3, -0.25) is 4.68 Å². The highest BCUT2D eigenvalue weighted by molar-refractivity contribution is 5.34. The molecular weight excluding hydrogens is 190 g/mol. The fourth-order valence-electron chi connectivity index (χ4n) is 1.57. The van der Waals surface area contributed by atoms with Crippen LogP contribution >= 0.6 is 0 Å². The van der Waals surface area contributed by atoms with Crippen molar-refractivity contribution >= 4 is 5.82 Å². The van der Waals surface area contributed by atoms with E-state index in [0.717, 1.165) is 11.6 Å². The lowest BCUT2D eigenvalue weighted by molar-refractivity contribution is 0.709. The van der Waals surface area contributed by atoms with Gasteiger partial charge >= 0.3 is 0 Å². The Morgan fingerprint density at radius 3 is 2.67 bits per heavy atom. The van der Waals surface area contributed by atoms with Crippen LogP contribution in [0.15, 0.2) is 24.7 Å². The molecule has 5 heteroatoms. The van der Waals surface area contributed by atoms with Crippen LogP contribution in [0, 0.1) is 0 Å². The SMILES string of the molecule is CC(Nc1ccn(C)n1)c1nccn1C. The molecule has 0 aliphatic heterocycles. The first-order chi connectivity index (χ1) is 7.16. The molecule has 0 saturated carbocycles. The summed E-state index contributed by atoms with van der Waals surface area (Å²) in [7, 11) is 3.88. The van der Waals surface area contributed by atoms with Crippen LogP contribution in [-0.2, 0) is 14.1 Å². The van der Waals surface area contributed by atoms with Crippen molar-refractivity contribution in [3.05, 3.63) is 30.5 Å². The van der Waals surface area contributed by atoms with E-state index in [4.69, 9.17) is 0 Å². The zero-order valence-corrected chi connectivity index (χ0v) is 9.18. The molecule has 0 aliphatic rings. The lowest BCUT2D eigenvalue weighted by atomic mass is 10.3. The first-order valence-corrected chi connectivity index (χ1v) is 4.90. The van der Waals surface area contributed by atoms with E-state index in [1.165, 1.54) is 0 Å². The molecule has 2 heterocycles. The summed E-state index contributed by atoms with van der Waals surface area (Å²) in [5, 5.41) is 7.55. The number of nitrogens with zero attached hydrogens (tertiary/aromatic N) is 4. The smallest absolute Gasteiger partial charge is 0.148 e. The van der Waals surface area contributed by atoms with Crippen molar-refractivity contribution in [2.75, 3.05) is 5.32 Å². The summed E-state index contributed by atoms with van der Waals surface area (Å²) in [6, 6.07) is 2.10. The standard InChI is InChI=1S/C10H15N5/c1-8(10-11-5-7-14(10)2)12-9-4-6-15(3)13-9/h4-8H,1-3H3,(H,12,13). The average Bonchev–Trinajstić information content (AvgIpc) is 2.75. The number of rotatable bonds is 3. The molecule has 5 nitrogen and oxygen atoms in total. The van der Waals surface area contributed by atoms with Crippen LogP contribution in [-0.4, -0.2) is 19.3 Å². The van der Waals surface area contributed by atoms with Gasteiger partial charge in [0.2, 0.25) is 0 Å². The third kappa shape index (κ3) is 2.01. The summed E-state index contributed by atoms with van der Waals surface area (Å²) in [4.78, 5) is 4.28. The van der Waals surface area contributed by atoms with Crippen LogP contribution in [0.1, 0.15) is 18.8 Å². The summed E-state index contributed by atoms with van der Waals surface area (Å²) >= 11 is 0. The van der Waals surface area contributed by atoms with Crippen molar-refractivity contribution in [2.24, 2.45) is 14.1 Å². The van der Waals surface area contributed by atoms with Crippen LogP contribution in [0.2, 0.25) is 0 Å². The normalized spacial score (nSPS) is 12.7. The molecule has 2 aromatic rings. The Labute approximate surface area is 88.7 Å². The first-order valence-electron chi connectivity index (χ1n) is 4.90. The molecule has 0 amide bonds. The van der Waals surface area contributed by atoms with E-state index in [1.54, 1.807) is 10.9 Å². The molecule has 1 unspecified atom stereocenters. The molecule has 0 saturated heterocycles. The van der Waals surface area contributed by atoms with E-state index in [1.807, 2.05) is 37.1 Å². The second-order valence-corrected chi connectivity index (χ2v) is 3.64. The van der Waals surface area contributed by atoms with Crippen molar-refractivity contribution in [3.63, 3.8) is 0 Å². The summed E-state index contributed by atoms with van der Waals surface area (Å²) in [6.07, 6.45) is 5.64. The van der Waals surface area contributed by atoms with Crippen molar-refractivity contribution in [3.8, 4) is 0 Å². The Hall–Kier alpha value is -1.78. The van der Waals surface area contributed by atoms with E-state index in [-0.39, 0.29) is 6.04 Å². The number of anilines is 1. The van der Waals surface area contributed by atoms with Gasteiger partial charge in [-0.25, -0.2) is 4.98 Å². The van der Waals surface area contributed by atoms with Crippen LogP contribution in [0.5, 0.6) is 0 Å². The second-order valence-electron chi connectivity index (χ2n) is 3.64. The van der Waals surface area contributed by atoms with Crippen LogP contribution in [0.25, 0.3) is 0 Å². The highest BCUT2D eigenvalue weighted by Gasteiger charge is 2.10. The van der Waals surface area contributed by atoms with Gasteiger partial charge in [-0.15, -0.1) is 0 Å². The van der Waals surface area contributed by atoms with Crippen LogP contribution in [0.4, 0.5) is 5.82 Å². The van der Waals surface area contributed by atoms with Crippen molar-refractivity contribution in [2.45, 2.75) is 13.0 Å². The Morgan fingerprint density at radius 2 is 2.13 bits per heavy atom. The van der Waals surface area contributed by atoms with Crippen LogP contribution in [0.3, 0.4) is 0 Å². The maximum Gasteiger partial charge on any atom is 0.148 e. The summed E-state index contributed by atoms with van der Waals surface area (Å²) < 4.78 is 3.77. The molecule has 0 aromatic carbocycles. The Morgan fingerprint density at radius 1 is 1.33 bits per heavy atom. The average molecular weight is 205 g/mol. The second kappa shape index (κ2) is 3.76. The lowest BCUT2D eigenvalue weighted by Crippen LogP contribution is -2.12. The largest absolute Gasteiger partial charge is 0.359 e. The zero-order valence-electron chi connectivity index (χ0n) is 9.18. The summed E-state index contributed by atoms with van der Waals surface area (Å²) in [5.41, 5.74) is 0. The molecule has 0 aliphatic carbocycles. The van der Waals surface area contributed by atoms with Gasteiger partial charge in [0.1, 0.15) is 11.6 Å². The molecule has 0 spiro atoms. The summed E-state index contributed by atoms with van der Waals surface area (Å²) in [6.45, 7) is 2.07. The molecule has 0 radical (unpaired) electrons. The molecule has 2 rings (SSSR count). The van der Waals surface area contributed by atoms with Gasteiger partial charge in [0.15, 0.2) is 0 Å². The summed E-state index contributed by atoms with van der Waals surface area (Å²) in [5.74, 6) is 1.87. The van der Waals surface area contributed by atoms with Gasteiger partial charge in [0.25, 0.3) is 0 Å². The minimum absolute atomic E-state index is 0.153. The molecule has 80 valence electrons. The van der Waals surface area contributed by atoms with E-state index in [2.05, 4.69) is 22.3 Å². The van der Waals surface area contributed by atoms with Gasteiger partial charge in [0.05, 0.1) is 6.04 Å². The first kappa shape index (κ1) is 9.76. The third-order valence-electron chi connectivity index (χ3n) is 2.32. The number of hydrogen-bond donors (Lipinski definition) is 1. The van der Waals surface area contributed by atoms with Gasteiger partial charge in [-0.05, 0) is 6.92 Å². The van der Waals surface area contributed by atoms with Crippen molar-refractivity contribution < 1.29 is 0 Å². The fraction of sp³-hybridized carbons (Fsp3) is 0.400. The van der Waals surface area contributed by atoms with Crippen molar-refractivity contribution in [1.82, 2.24) is 19.3 Å². The van der Waals surface area contributed by atoms with Crippen molar-refractivity contribution in [1.29, 1.82) is 0 Å². The molecule has 15 heavy (non-hydrogen) atoms. The minimum Gasteiger partial charge on any atom is -0.359 e. The van der Waals surface area contributed by atoms with Gasteiger partial charge in [0, 0.05) is 38.8 Å². The lowest BCUT2D eigenvalue weighted by Gasteiger charge is -2.12. The molecule has 0 bridgehead atoms. The number of hydrogen-bond acceptors (Lipinski definition) is 3. The molecule has 1 N–H and O–H groups in total. The van der Waals surface area contributed by atoms with E-state index in [9.17, 15) is 0 Å². The fourth-order valence-corrected chi connectivity index (χ4v) is 1.57. The topological polar surface area (TPSA) is 47.7 Å².